The molecule has 0 aliphatic carbocycles. The van der Waals surface area contributed by atoms with Crippen molar-refractivity contribution in [1.29, 1.82) is 0 Å². The van der Waals surface area contributed by atoms with Gasteiger partial charge < -0.3 is 14.5 Å². The number of likely N-dealkylation sites (N-methyl/N-ethyl adjacent to an activating group) is 1. The predicted molar refractivity (Wildman–Crippen MR) is 152 cm³/mol. The highest BCUT2D eigenvalue weighted by Crippen LogP contribution is 2.32. The van der Waals surface area contributed by atoms with Gasteiger partial charge in [-0.1, -0.05) is 61.2 Å². The molecule has 1 aliphatic rings. The molecule has 0 unspecified atom stereocenters. The van der Waals surface area contributed by atoms with Crippen LogP contribution in [-0.4, -0.2) is 70.3 Å². The Kier molecular flexibility index (Phi) is 8.10. The van der Waals surface area contributed by atoms with Crippen molar-refractivity contribution < 1.29 is 9.53 Å². The Balaban J connectivity index is 1.35. The number of carbonyl (C=O) groups is 1. The zero-order valence-corrected chi connectivity index (χ0v) is 22.9. The van der Waals surface area contributed by atoms with E-state index in [0.29, 0.717) is 5.75 Å². The first-order valence-corrected chi connectivity index (χ1v) is 13.9. The number of piperazine rings is 1. The minimum absolute atomic E-state index is 0.113. The van der Waals surface area contributed by atoms with Gasteiger partial charge in [0.25, 0.3) is 5.91 Å². The standard InChI is InChI=1S/C30H33N5O2S/c1-4-33-16-18-34(19-17-33)29(36)24-14-12-23(13-15-24)21-38-30-32-31-28(25-9-7-10-26(20-25)37-3)35(30)27-11-6-5-8-22(27)2/h5-15,20H,4,16-19,21H2,1-3H3. The van der Waals surface area contributed by atoms with E-state index < -0.39 is 0 Å². The third-order valence-corrected chi connectivity index (χ3v) is 7.99. The summed E-state index contributed by atoms with van der Waals surface area (Å²) in [5, 5.41) is 9.96. The van der Waals surface area contributed by atoms with E-state index in [1.165, 1.54) is 0 Å². The average Bonchev–Trinajstić information content (AvgIpc) is 3.40. The lowest BCUT2D eigenvalue weighted by molar-refractivity contribution is 0.0643. The van der Waals surface area contributed by atoms with Crippen molar-refractivity contribution in [3.63, 3.8) is 0 Å². The van der Waals surface area contributed by atoms with Crippen LogP contribution in [0.1, 0.15) is 28.4 Å². The van der Waals surface area contributed by atoms with Gasteiger partial charge in [-0.2, -0.15) is 0 Å². The summed E-state index contributed by atoms with van der Waals surface area (Å²) in [7, 11) is 1.66. The van der Waals surface area contributed by atoms with Crippen LogP contribution in [0.4, 0.5) is 0 Å². The Hall–Kier alpha value is -3.62. The number of hydrogen-bond donors (Lipinski definition) is 0. The molecule has 0 bridgehead atoms. The highest BCUT2D eigenvalue weighted by atomic mass is 32.2. The van der Waals surface area contributed by atoms with E-state index in [0.717, 1.165) is 77.4 Å². The molecule has 1 fully saturated rings. The molecule has 196 valence electrons. The van der Waals surface area contributed by atoms with Crippen molar-refractivity contribution in [2.45, 2.75) is 24.8 Å². The molecule has 1 aromatic heterocycles. The molecule has 0 saturated carbocycles. The zero-order chi connectivity index (χ0) is 26.5. The summed E-state index contributed by atoms with van der Waals surface area (Å²) in [6.07, 6.45) is 0. The molecule has 1 amide bonds. The second-order valence-electron chi connectivity index (χ2n) is 9.37. The Labute approximate surface area is 228 Å². The van der Waals surface area contributed by atoms with Crippen molar-refractivity contribution in [2.24, 2.45) is 0 Å². The van der Waals surface area contributed by atoms with E-state index in [1.54, 1.807) is 18.9 Å². The van der Waals surface area contributed by atoms with E-state index >= 15 is 0 Å². The second-order valence-corrected chi connectivity index (χ2v) is 10.3. The van der Waals surface area contributed by atoms with E-state index in [9.17, 15) is 4.79 Å². The summed E-state index contributed by atoms with van der Waals surface area (Å²) in [5.74, 6) is 2.37. The fraction of sp³-hybridized carbons (Fsp3) is 0.300. The lowest BCUT2D eigenvalue weighted by atomic mass is 10.1. The molecule has 0 radical (unpaired) electrons. The molecule has 4 aromatic rings. The van der Waals surface area contributed by atoms with Crippen LogP contribution in [0.15, 0.2) is 78.0 Å². The maximum absolute atomic E-state index is 13.0. The van der Waals surface area contributed by atoms with Gasteiger partial charge in [-0.05, 0) is 54.9 Å². The van der Waals surface area contributed by atoms with Gasteiger partial charge in [-0.25, -0.2) is 0 Å². The van der Waals surface area contributed by atoms with Crippen molar-refractivity contribution in [2.75, 3.05) is 39.8 Å². The lowest BCUT2D eigenvalue weighted by Crippen LogP contribution is -2.48. The van der Waals surface area contributed by atoms with Crippen molar-refractivity contribution in [3.8, 4) is 22.8 Å². The largest absolute Gasteiger partial charge is 0.497 e. The van der Waals surface area contributed by atoms with Crippen LogP contribution in [0.3, 0.4) is 0 Å². The Morgan fingerprint density at radius 3 is 2.42 bits per heavy atom. The summed E-state index contributed by atoms with van der Waals surface area (Å²) in [6, 6.07) is 24.1. The molecule has 0 atom stereocenters. The number of methoxy groups -OCH3 is 1. The lowest BCUT2D eigenvalue weighted by Gasteiger charge is -2.34. The van der Waals surface area contributed by atoms with Gasteiger partial charge in [0.2, 0.25) is 0 Å². The van der Waals surface area contributed by atoms with Crippen LogP contribution in [0, 0.1) is 6.92 Å². The van der Waals surface area contributed by atoms with E-state index in [1.807, 2.05) is 65.6 Å². The topological polar surface area (TPSA) is 63.5 Å². The van der Waals surface area contributed by atoms with E-state index in [2.05, 4.69) is 45.6 Å². The summed E-state index contributed by atoms with van der Waals surface area (Å²) >= 11 is 1.63. The minimum atomic E-state index is 0.113. The summed E-state index contributed by atoms with van der Waals surface area (Å²) in [6.45, 7) is 8.75. The number of nitrogens with zero attached hydrogens (tertiary/aromatic N) is 5. The van der Waals surface area contributed by atoms with Gasteiger partial charge >= 0.3 is 0 Å². The van der Waals surface area contributed by atoms with Crippen LogP contribution in [0.5, 0.6) is 5.75 Å². The normalized spacial score (nSPS) is 14.0. The molecule has 5 rings (SSSR count). The maximum Gasteiger partial charge on any atom is 0.253 e. The number of ether oxygens (including phenoxy) is 1. The third-order valence-electron chi connectivity index (χ3n) is 6.99. The van der Waals surface area contributed by atoms with Gasteiger partial charge in [-0.15, -0.1) is 10.2 Å². The molecule has 7 nitrogen and oxygen atoms in total. The molecule has 38 heavy (non-hydrogen) atoms. The quantitative estimate of drug-likeness (QED) is 0.289. The predicted octanol–water partition coefficient (Wildman–Crippen LogP) is 5.32. The molecular formula is C30H33N5O2S. The van der Waals surface area contributed by atoms with Gasteiger partial charge in [0, 0.05) is 43.1 Å². The number of amides is 1. The molecule has 0 N–H and O–H groups in total. The first kappa shape index (κ1) is 26.0. The maximum atomic E-state index is 13.0. The molecule has 1 saturated heterocycles. The molecule has 0 spiro atoms. The number of para-hydroxylation sites is 1. The molecule has 1 aliphatic heterocycles. The van der Waals surface area contributed by atoms with Gasteiger partial charge in [-0.3, -0.25) is 9.36 Å². The number of hydrogen-bond acceptors (Lipinski definition) is 6. The van der Waals surface area contributed by atoms with Crippen molar-refractivity contribution in [1.82, 2.24) is 24.6 Å². The average molecular weight is 528 g/mol. The first-order chi connectivity index (χ1) is 18.6. The van der Waals surface area contributed by atoms with Crippen LogP contribution in [0.25, 0.3) is 17.1 Å². The number of rotatable bonds is 8. The molecule has 3 aromatic carbocycles. The number of aryl methyl sites for hydroxylation is 1. The zero-order valence-electron chi connectivity index (χ0n) is 22.1. The fourth-order valence-electron chi connectivity index (χ4n) is 4.69. The van der Waals surface area contributed by atoms with Gasteiger partial charge in [0.1, 0.15) is 5.75 Å². The number of benzene rings is 3. The van der Waals surface area contributed by atoms with Gasteiger partial charge in [0.15, 0.2) is 11.0 Å². The number of aromatic nitrogens is 3. The number of thioether (sulfide) groups is 1. The van der Waals surface area contributed by atoms with E-state index in [4.69, 9.17) is 4.74 Å². The highest BCUT2D eigenvalue weighted by molar-refractivity contribution is 7.98. The smallest absolute Gasteiger partial charge is 0.253 e. The fourth-order valence-corrected chi connectivity index (χ4v) is 5.59. The summed E-state index contributed by atoms with van der Waals surface area (Å²) < 4.78 is 7.55. The summed E-state index contributed by atoms with van der Waals surface area (Å²) in [4.78, 5) is 17.3. The molecule has 2 heterocycles. The van der Waals surface area contributed by atoms with Crippen LogP contribution in [-0.2, 0) is 5.75 Å². The van der Waals surface area contributed by atoms with Crippen LogP contribution in [0.2, 0.25) is 0 Å². The Morgan fingerprint density at radius 2 is 1.71 bits per heavy atom. The van der Waals surface area contributed by atoms with Crippen molar-refractivity contribution in [3.05, 3.63) is 89.5 Å². The highest BCUT2D eigenvalue weighted by Gasteiger charge is 2.22. The van der Waals surface area contributed by atoms with Crippen LogP contribution < -0.4 is 4.74 Å². The van der Waals surface area contributed by atoms with Crippen molar-refractivity contribution >= 4 is 17.7 Å². The Bertz CT molecular complexity index is 1390. The third kappa shape index (κ3) is 5.61. The SMILES string of the molecule is CCN1CCN(C(=O)c2ccc(CSc3nnc(-c4cccc(OC)c4)n3-c3ccccc3C)cc2)CC1. The van der Waals surface area contributed by atoms with Gasteiger partial charge in [0.05, 0.1) is 12.8 Å². The molecular weight excluding hydrogens is 494 g/mol. The number of carbonyl (C=O) groups excluding carboxylic acids is 1. The van der Waals surface area contributed by atoms with Crippen LogP contribution >= 0.6 is 11.8 Å². The Morgan fingerprint density at radius 1 is 0.947 bits per heavy atom. The second kappa shape index (κ2) is 11.8. The summed E-state index contributed by atoms with van der Waals surface area (Å²) in [5.41, 5.74) is 4.99. The monoisotopic (exact) mass is 527 g/mol. The minimum Gasteiger partial charge on any atom is -0.497 e. The first-order valence-electron chi connectivity index (χ1n) is 13.0. The molecule has 8 heteroatoms. The van der Waals surface area contributed by atoms with E-state index in [-0.39, 0.29) is 5.91 Å².